The second-order valence-electron chi connectivity index (χ2n) is 4.73. The topological polar surface area (TPSA) is 77.2 Å². The third kappa shape index (κ3) is 3.95. The molecule has 5 nitrogen and oxygen atoms in total. The summed E-state index contributed by atoms with van der Waals surface area (Å²) in [5.74, 6) is -0.217. The predicted octanol–water partition coefficient (Wildman–Crippen LogP) is 2.95. The minimum Gasteiger partial charge on any atom is -0.462 e. The first kappa shape index (κ1) is 15.3. The van der Waals surface area contributed by atoms with Crippen molar-refractivity contribution in [1.29, 1.82) is 0 Å². The van der Waals surface area contributed by atoms with Crippen LogP contribution in [-0.4, -0.2) is 23.0 Å². The summed E-state index contributed by atoms with van der Waals surface area (Å²) in [5.41, 5.74) is 7.32. The van der Waals surface area contributed by atoms with Crippen LogP contribution in [0.5, 0.6) is 0 Å². The minimum atomic E-state index is -0.432. The van der Waals surface area contributed by atoms with Gasteiger partial charge in [0.05, 0.1) is 6.61 Å². The number of hydrogen-bond donors (Lipinski definition) is 2. The summed E-state index contributed by atoms with van der Waals surface area (Å²) in [6, 6.07) is 10.3. The molecule has 0 saturated carbocycles. The summed E-state index contributed by atoms with van der Waals surface area (Å²) in [6.45, 7) is 4.13. The van der Waals surface area contributed by atoms with Crippen molar-refractivity contribution in [2.45, 2.75) is 26.3 Å². The predicted molar refractivity (Wildman–Crippen MR) is 85.7 cm³/mol. The highest BCUT2D eigenvalue weighted by Crippen LogP contribution is 2.28. The van der Waals surface area contributed by atoms with E-state index in [1.165, 1.54) is 17.1 Å². The van der Waals surface area contributed by atoms with Crippen LogP contribution in [0.3, 0.4) is 0 Å². The van der Waals surface area contributed by atoms with Crippen LogP contribution in [0.25, 0.3) is 0 Å². The van der Waals surface area contributed by atoms with Gasteiger partial charge in [-0.25, -0.2) is 4.79 Å². The van der Waals surface area contributed by atoms with E-state index in [0.717, 1.165) is 6.42 Å². The smallest absolute Gasteiger partial charge is 0.344 e. The molecule has 0 aliphatic carbocycles. The molecule has 2 aromatic rings. The van der Waals surface area contributed by atoms with E-state index < -0.39 is 5.97 Å². The molecule has 6 heteroatoms. The van der Waals surface area contributed by atoms with Crippen LogP contribution in [0.2, 0.25) is 0 Å². The van der Waals surface area contributed by atoms with E-state index in [9.17, 15) is 4.79 Å². The Hall–Kier alpha value is -2.08. The molecule has 0 fully saturated rings. The lowest BCUT2D eigenvalue weighted by Gasteiger charge is -2.14. The number of hydrogen-bond acceptors (Lipinski definition) is 6. The van der Waals surface area contributed by atoms with Gasteiger partial charge in [0.2, 0.25) is 0 Å². The lowest BCUT2D eigenvalue weighted by Crippen LogP contribution is -2.19. The molecule has 0 saturated heterocycles. The zero-order valence-electron chi connectivity index (χ0n) is 12.1. The van der Waals surface area contributed by atoms with Crippen LogP contribution in [0.1, 0.15) is 29.8 Å². The van der Waals surface area contributed by atoms with Gasteiger partial charge in [-0.15, -0.1) is 0 Å². The molecule has 0 spiro atoms. The van der Waals surface area contributed by atoms with Crippen LogP contribution < -0.4 is 11.1 Å². The monoisotopic (exact) mass is 305 g/mol. The standard InChI is InChI=1S/C15H19N3O2S/c1-3-20-15(19)12-13(16)18-21-14(12)17-10(2)9-11-7-5-4-6-8-11/h4-8,10,17H,3,9H2,1-2H3,(H2,16,18). The van der Waals surface area contributed by atoms with Gasteiger partial charge in [-0.2, -0.15) is 4.37 Å². The number of anilines is 2. The number of nitrogens with two attached hydrogens (primary N) is 1. The molecule has 1 aromatic carbocycles. The van der Waals surface area contributed by atoms with E-state index in [-0.39, 0.29) is 11.9 Å². The van der Waals surface area contributed by atoms with Gasteiger partial charge in [-0.05, 0) is 37.4 Å². The first-order valence-electron chi connectivity index (χ1n) is 6.84. The van der Waals surface area contributed by atoms with Gasteiger partial charge in [-0.1, -0.05) is 30.3 Å². The molecule has 3 N–H and O–H groups in total. The number of aromatic nitrogens is 1. The van der Waals surface area contributed by atoms with Gasteiger partial charge in [-0.3, -0.25) is 0 Å². The fraction of sp³-hybridized carbons (Fsp3) is 0.333. The molecule has 0 amide bonds. The summed E-state index contributed by atoms with van der Waals surface area (Å²) in [5, 5.41) is 3.96. The maximum atomic E-state index is 11.9. The third-order valence-corrected chi connectivity index (χ3v) is 3.75. The first-order chi connectivity index (χ1) is 10.1. The van der Waals surface area contributed by atoms with E-state index in [1.807, 2.05) is 18.2 Å². The average molecular weight is 305 g/mol. The Morgan fingerprint density at radius 1 is 1.43 bits per heavy atom. The fourth-order valence-electron chi connectivity index (χ4n) is 2.04. The summed E-state index contributed by atoms with van der Waals surface area (Å²) < 4.78 is 9.05. The zero-order chi connectivity index (χ0) is 15.2. The third-order valence-electron chi connectivity index (χ3n) is 2.96. The molecular formula is C15H19N3O2S. The Morgan fingerprint density at radius 2 is 2.14 bits per heavy atom. The Bertz CT molecular complexity index is 598. The molecule has 1 atom stereocenters. The summed E-state index contributed by atoms with van der Waals surface area (Å²) >= 11 is 1.18. The van der Waals surface area contributed by atoms with Gasteiger partial charge in [0.15, 0.2) is 5.82 Å². The molecular weight excluding hydrogens is 286 g/mol. The Balaban J connectivity index is 2.07. The van der Waals surface area contributed by atoms with Crippen molar-refractivity contribution in [1.82, 2.24) is 4.37 Å². The molecule has 0 radical (unpaired) electrons. The van der Waals surface area contributed by atoms with E-state index in [2.05, 4.69) is 28.7 Å². The van der Waals surface area contributed by atoms with Gasteiger partial charge in [0.1, 0.15) is 10.6 Å². The molecule has 1 unspecified atom stereocenters. The number of ether oxygens (including phenoxy) is 1. The highest BCUT2D eigenvalue weighted by atomic mass is 32.1. The van der Waals surface area contributed by atoms with E-state index >= 15 is 0 Å². The van der Waals surface area contributed by atoms with Crippen molar-refractivity contribution in [3.05, 3.63) is 41.5 Å². The van der Waals surface area contributed by atoms with E-state index in [0.29, 0.717) is 17.2 Å². The van der Waals surface area contributed by atoms with Crippen molar-refractivity contribution in [2.24, 2.45) is 0 Å². The maximum absolute atomic E-state index is 11.9. The van der Waals surface area contributed by atoms with Gasteiger partial charge < -0.3 is 15.8 Å². The molecule has 21 heavy (non-hydrogen) atoms. The summed E-state index contributed by atoms with van der Waals surface area (Å²) in [4.78, 5) is 11.9. The molecule has 1 heterocycles. The number of benzene rings is 1. The number of nitrogen functional groups attached to an aromatic ring is 1. The Morgan fingerprint density at radius 3 is 2.81 bits per heavy atom. The van der Waals surface area contributed by atoms with Crippen molar-refractivity contribution < 1.29 is 9.53 Å². The minimum absolute atomic E-state index is 0.153. The van der Waals surface area contributed by atoms with Crippen LogP contribution in [0, 0.1) is 0 Å². The molecule has 1 aromatic heterocycles. The van der Waals surface area contributed by atoms with Gasteiger partial charge >= 0.3 is 5.97 Å². The van der Waals surface area contributed by atoms with Crippen molar-refractivity contribution in [2.75, 3.05) is 17.7 Å². The summed E-state index contributed by atoms with van der Waals surface area (Å²) in [7, 11) is 0. The lowest BCUT2D eigenvalue weighted by atomic mass is 10.1. The van der Waals surface area contributed by atoms with Crippen LogP contribution in [0.15, 0.2) is 30.3 Å². The lowest BCUT2D eigenvalue weighted by molar-refractivity contribution is 0.0529. The molecule has 0 aliphatic heterocycles. The number of carbonyl (C=O) groups is 1. The molecule has 112 valence electrons. The first-order valence-corrected chi connectivity index (χ1v) is 7.61. The molecule has 0 aliphatic rings. The maximum Gasteiger partial charge on any atom is 0.344 e. The van der Waals surface area contributed by atoms with E-state index in [1.54, 1.807) is 6.92 Å². The summed E-state index contributed by atoms with van der Waals surface area (Å²) in [6.07, 6.45) is 0.848. The highest BCUT2D eigenvalue weighted by molar-refractivity contribution is 7.11. The van der Waals surface area contributed by atoms with Gasteiger partial charge in [0.25, 0.3) is 0 Å². The Labute approximate surface area is 128 Å². The van der Waals surface area contributed by atoms with E-state index in [4.69, 9.17) is 10.5 Å². The second kappa shape index (κ2) is 7.08. The quantitative estimate of drug-likeness (QED) is 0.802. The van der Waals surface area contributed by atoms with Crippen LogP contribution in [0.4, 0.5) is 10.8 Å². The highest BCUT2D eigenvalue weighted by Gasteiger charge is 2.21. The zero-order valence-corrected chi connectivity index (χ0v) is 12.9. The number of esters is 1. The Kier molecular flexibility index (Phi) is 5.16. The molecule has 0 bridgehead atoms. The normalized spacial score (nSPS) is 11.9. The number of nitrogens with zero attached hydrogens (tertiary/aromatic N) is 1. The van der Waals surface area contributed by atoms with Crippen LogP contribution in [-0.2, 0) is 11.2 Å². The van der Waals surface area contributed by atoms with Crippen LogP contribution >= 0.6 is 11.5 Å². The fourth-order valence-corrected chi connectivity index (χ4v) is 2.86. The average Bonchev–Trinajstić information content (AvgIpc) is 2.81. The van der Waals surface area contributed by atoms with Gasteiger partial charge in [0, 0.05) is 6.04 Å². The van der Waals surface area contributed by atoms with Crippen molar-refractivity contribution in [3.8, 4) is 0 Å². The van der Waals surface area contributed by atoms with Crippen molar-refractivity contribution >= 4 is 28.3 Å². The molecule has 2 rings (SSSR count). The second-order valence-corrected chi connectivity index (χ2v) is 5.50. The van der Waals surface area contributed by atoms with Crippen molar-refractivity contribution in [3.63, 3.8) is 0 Å². The SMILES string of the molecule is CCOC(=O)c1c(N)nsc1NC(C)Cc1ccccc1. The largest absolute Gasteiger partial charge is 0.462 e. The number of nitrogens with one attached hydrogen (secondary N) is 1. The number of carbonyl (C=O) groups excluding carboxylic acids is 1. The number of rotatable bonds is 6.